The molecule has 1 fully saturated rings. The van der Waals surface area contributed by atoms with Crippen LogP contribution < -0.4 is 0 Å². The fourth-order valence-corrected chi connectivity index (χ4v) is 2.59. The van der Waals surface area contributed by atoms with Crippen molar-refractivity contribution in [1.29, 1.82) is 0 Å². The van der Waals surface area contributed by atoms with Crippen LogP contribution in [0.25, 0.3) is 0 Å². The highest BCUT2D eigenvalue weighted by Gasteiger charge is 2.27. The first-order valence-electron chi connectivity index (χ1n) is 2.85. The molecule has 0 saturated carbocycles. The van der Waals surface area contributed by atoms with Gasteiger partial charge >= 0.3 is 6.00 Å². The Kier molecular flexibility index (Phi) is 2.44. The molecule has 54 valence electrons. The maximum atomic E-state index is 10.9. The number of halogens is 2. The molecular weight excluding hydrogens is 180 g/mol. The van der Waals surface area contributed by atoms with Crippen LogP contribution in [0.5, 0.6) is 0 Å². The van der Waals surface area contributed by atoms with Crippen LogP contribution in [-0.4, -0.2) is 17.8 Å². The smallest absolute Gasteiger partial charge is 0.271 e. The average Bonchev–Trinajstić information content (AvgIpc) is 2.08. The minimum atomic E-state index is -2.94. The van der Waals surface area contributed by atoms with Gasteiger partial charge in [-0.15, -0.1) is 0 Å². The third-order valence-corrected chi connectivity index (χ3v) is 3.75. The lowest BCUT2D eigenvalue weighted by molar-refractivity contribution is 0.501. The van der Waals surface area contributed by atoms with Gasteiger partial charge in [0.1, 0.15) is 0 Å². The highest BCUT2D eigenvalue weighted by Crippen LogP contribution is 2.60. The number of nitrogens with zero attached hydrogens (tertiary/aromatic N) is 1. The summed E-state index contributed by atoms with van der Waals surface area (Å²) in [7, 11) is 0. The quantitative estimate of drug-likeness (QED) is 0.589. The van der Waals surface area contributed by atoms with Crippen LogP contribution >= 0.6 is 28.5 Å². The molecule has 9 heavy (non-hydrogen) atoms. The van der Waals surface area contributed by atoms with E-state index in [2.05, 4.69) is 0 Å². The second kappa shape index (κ2) is 2.79. The van der Waals surface area contributed by atoms with Crippen molar-refractivity contribution in [3.63, 3.8) is 0 Å². The van der Waals surface area contributed by atoms with Crippen molar-refractivity contribution in [2.75, 3.05) is 13.1 Å². The van der Waals surface area contributed by atoms with Gasteiger partial charge in [-0.05, 0) is 35.3 Å². The predicted molar refractivity (Wildman–Crippen MR) is 40.1 cm³/mol. The number of hydrogen-bond donors (Lipinski definition) is 0. The van der Waals surface area contributed by atoms with Gasteiger partial charge in [0.2, 0.25) is 0 Å². The van der Waals surface area contributed by atoms with Crippen LogP contribution in [0.4, 0.5) is 0 Å². The van der Waals surface area contributed by atoms with E-state index in [9.17, 15) is 4.57 Å². The molecule has 1 aliphatic heterocycles. The fourth-order valence-electron chi connectivity index (χ4n) is 0.933. The molecular formula is C4H8Cl2NOP. The molecule has 0 atom stereocenters. The third-order valence-electron chi connectivity index (χ3n) is 1.41. The molecule has 0 aliphatic carbocycles. The van der Waals surface area contributed by atoms with Gasteiger partial charge in [0, 0.05) is 13.1 Å². The highest BCUT2D eigenvalue weighted by atomic mass is 35.9. The average molecular weight is 188 g/mol. The van der Waals surface area contributed by atoms with Crippen LogP contribution in [0.15, 0.2) is 0 Å². The van der Waals surface area contributed by atoms with E-state index in [1.807, 2.05) is 0 Å². The van der Waals surface area contributed by atoms with Gasteiger partial charge in [-0.2, -0.15) is 0 Å². The van der Waals surface area contributed by atoms with Crippen molar-refractivity contribution in [2.24, 2.45) is 0 Å². The highest BCUT2D eigenvalue weighted by molar-refractivity contribution is 8.06. The standard InChI is InChI=1S/C4H8Cl2NOP/c5-9(6,8)7-3-1-2-4-7/h1-4H2. The molecule has 0 amide bonds. The Bertz CT molecular complexity index is 140. The van der Waals surface area contributed by atoms with E-state index in [4.69, 9.17) is 22.5 Å². The van der Waals surface area contributed by atoms with Crippen molar-refractivity contribution in [1.82, 2.24) is 4.67 Å². The Morgan fingerprint density at radius 3 is 1.89 bits per heavy atom. The van der Waals surface area contributed by atoms with Gasteiger partial charge in [-0.25, -0.2) is 4.67 Å². The molecule has 1 saturated heterocycles. The Hall–Kier alpha value is 0.770. The Balaban J connectivity index is 2.52. The lowest BCUT2D eigenvalue weighted by atomic mass is 10.4. The SMILES string of the molecule is O=P(Cl)(Cl)N1CCCC1. The van der Waals surface area contributed by atoms with Gasteiger partial charge in [0.15, 0.2) is 0 Å². The zero-order valence-corrected chi connectivity index (χ0v) is 7.29. The minimum Gasteiger partial charge on any atom is -0.271 e. The van der Waals surface area contributed by atoms with Gasteiger partial charge in [-0.1, -0.05) is 0 Å². The molecule has 5 heteroatoms. The summed E-state index contributed by atoms with van der Waals surface area (Å²) in [5.74, 6) is -2.94. The van der Waals surface area contributed by atoms with Crippen LogP contribution in [0, 0.1) is 0 Å². The summed E-state index contributed by atoms with van der Waals surface area (Å²) in [5, 5.41) is 0. The van der Waals surface area contributed by atoms with Crippen molar-refractivity contribution >= 4 is 28.5 Å². The molecule has 2 nitrogen and oxygen atoms in total. The van der Waals surface area contributed by atoms with Crippen LogP contribution in [0.1, 0.15) is 12.8 Å². The van der Waals surface area contributed by atoms with Crippen molar-refractivity contribution in [2.45, 2.75) is 12.8 Å². The molecule has 0 spiro atoms. The number of hydrogen-bond acceptors (Lipinski definition) is 1. The van der Waals surface area contributed by atoms with Crippen molar-refractivity contribution in [3.05, 3.63) is 0 Å². The second-order valence-corrected chi connectivity index (χ2v) is 6.80. The molecule has 0 aromatic heterocycles. The predicted octanol–water partition coefficient (Wildman–Crippen LogP) is 2.67. The first-order valence-corrected chi connectivity index (χ1v) is 6.32. The van der Waals surface area contributed by atoms with Gasteiger partial charge in [0.05, 0.1) is 0 Å². The molecule has 0 unspecified atom stereocenters. The van der Waals surface area contributed by atoms with Crippen LogP contribution in [0.3, 0.4) is 0 Å². The Morgan fingerprint density at radius 1 is 1.22 bits per heavy atom. The van der Waals surface area contributed by atoms with Crippen molar-refractivity contribution in [3.8, 4) is 0 Å². The lowest BCUT2D eigenvalue weighted by Gasteiger charge is -2.13. The summed E-state index contributed by atoms with van der Waals surface area (Å²) >= 11 is 10.8. The van der Waals surface area contributed by atoms with E-state index >= 15 is 0 Å². The van der Waals surface area contributed by atoms with E-state index in [0.717, 1.165) is 25.9 Å². The molecule has 0 aromatic carbocycles. The first-order chi connectivity index (χ1) is 4.11. The third kappa shape index (κ3) is 2.12. The summed E-state index contributed by atoms with van der Waals surface area (Å²) in [6.45, 7) is 1.56. The number of rotatable bonds is 1. The molecule has 0 radical (unpaired) electrons. The zero-order chi connectivity index (χ0) is 6.91. The molecule has 1 rings (SSSR count). The summed E-state index contributed by atoms with van der Waals surface area (Å²) in [5.41, 5.74) is 0. The summed E-state index contributed by atoms with van der Waals surface area (Å²) in [6.07, 6.45) is 2.12. The van der Waals surface area contributed by atoms with E-state index in [1.54, 1.807) is 4.67 Å². The van der Waals surface area contributed by atoms with Gasteiger partial charge < -0.3 is 0 Å². The maximum Gasteiger partial charge on any atom is 0.322 e. The maximum absolute atomic E-state index is 10.9. The largest absolute Gasteiger partial charge is 0.322 e. The topological polar surface area (TPSA) is 20.3 Å². The van der Waals surface area contributed by atoms with Crippen LogP contribution in [-0.2, 0) is 4.57 Å². The zero-order valence-electron chi connectivity index (χ0n) is 4.89. The van der Waals surface area contributed by atoms with E-state index < -0.39 is 6.00 Å². The van der Waals surface area contributed by atoms with E-state index in [-0.39, 0.29) is 0 Å². The molecule has 0 bridgehead atoms. The van der Waals surface area contributed by atoms with Crippen LogP contribution in [0.2, 0.25) is 0 Å². The van der Waals surface area contributed by atoms with Crippen molar-refractivity contribution < 1.29 is 4.57 Å². The lowest BCUT2D eigenvalue weighted by Crippen LogP contribution is -2.09. The molecule has 1 aliphatic rings. The fraction of sp³-hybridized carbons (Fsp3) is 1.00. The minimum absolute atomic E-state index is 0.782. The van der Waals surface area contributed by atoms with E-state index in [0.29, 0.717) is 0 Å². The van der Waals surface area contributed by atoms with Gasteiger partial charge in [-0.3, -0.25) is 4.57 Å². The Morgan fingerprint density at radius 2 is 1.67 bits per heavy atom. The summed E-state index contributed by atoms with van der Waals surface area (Å²) < 4.78 is 12.5. The molecule has 1 heterocycles. The molecule has 0 N–H and O–H groups in total. The van der Waals surface area contributed by atoms with Gasteiger partial charge in [0.25, 0.3) is 0 Å². The molecule has 0 aromatic rings. The summed E-state index contributed by atoms with van der Waals surface area (Å²) in [4.78, 5) is 0. The summed E-state index contributed by atoms with van der Waals surface area (Å²) in [6, 6.07) is 0. The van der Waals surface area contributed by atoms with E-state index in [1.165, 1.54) is 0 Å². The second-order valence-electron chi connectivity index (χ2n) is 2.10. The normalized spacial score (nSPS) is 22.9. The monoisotopic (exact) mass is 187 g/mol. The Labute approximate surface area is 64.1 Å². The first kappa shape index (κ1) is 7.87.